The van der Waals surface area contributed by atoms with E-state index in [4.69, 9.17) is 14.2 Å². The van der Waals surface area contributed by atoms with Gasteiger partial charge in [-0.25, -0.2) is 8.78 Å². The van der Waals surface area contributed by atoms with Crippen LogP contribution >= 0.6 is 0 Å². The summed E-state index contributed by atoms with van der Waals surface area (Å²) in [5.74, 6) is -0.576. The van der Waals surface area contributed by atoms with Gasteiger partial charge in [-0.1, -0.05) is 24.3 Å². The van der Waals surface area contributed by atoms with Crippen LogP contribution in [0.4, 0.5) is 14.5 Å². The van der Waals surface area contributed by atoms with Crippen molar-refractivity contribution in [2.45, 2.75) is 19.6 Å². The third-order valence-corrected chi connectivity index (χ3v) is 10.2. The Morgan fingerprint density at radius 2 is 1.49 bits per heavy atom. The lowest BCUT2D eigenvalue weighted by Gasteiger charge is -2.50. The van der Waals surface area contributed by atoms with Gasteiger partial charge in [0.25, 0.3) is 5.91 Å². The largest absolute Gasteiger partial charge is 0.497 e. The van der Waals surface area contributed by atoms with Crippen LogP contribution in [0.3, 0.4) is 0 Å². The number of quaternary nitrogens is 1. The molecule has 11 heteroatoms. The smallest absolute Gasteiger partial charge is 0.263 e. The molecule has 3 aliphatic heterocycles. The van der Waals surface area contributed by atoms with E-state index >= 15 is 0 Å². The summed E-state index contributed by atoms with van der Waals surface area (Å²) in [5.41, 5.74) is 2.85. The van der Waals surface area contributed by atoms with E-state index in [0.29, 0.717) is 22.8 Å². The number of anilines is 1. The number of ether oxygens (including phenoxy) is 3. The molecule has 1 amide bonds. The molecule has 2 bridgehead atoms. The molecular weight excluding hydrogens is 654 g/mol. The molecule has 0 radical (unpaired) electrons. The maximum Gasteiger partial charge on any atom is 0.263 e. The number of halogens is 2. The number of pyridine rings is 1. The van der Waals surface area contributed by atoms with E-state index < -0.39 is 29.1 Å². The zero-order valence-electron chi connectivity index (χ0n) is 29.0. The van der Waals surface area contributed by atoms with Gasteiger partial charge in [0.05, 0.1) is 39.4 Å². The molecule has 3 saturated heterocycles. The lowest BCUT2D eigenvalue weighted by atomic mass is 9.98. The Labute approximate surface area is 295 Å². The predicted octanol–water partition coefficient (Wildman–Crippen LogP) is 6.30. The number of aromatic nitrogens is 1. The molecule has 1 atom stereocenters. The SMILES string of the molecule is CCN(C(=O)c1c[nH]c2cc(OC(c3ccc(C[N+]45CCN(CC4)CC5)cc3)c3cc(OC)cc(OC)c3)ccc2c1=O)c1cc(F)cc(F)c1. The molecule has 4 aromatic carbocycles. The first kappa shape index (κ1) is 34.2. The predicted molar refractivity (Wildman–Crippen MR) is 192 cm³/mol. The fraction of sp³-hybridized carbons (Fsp3) is 0.300. The summed E-state index contributed by atoms with van der Waals surface area (Å²) in [6, 6.07) is 22.1. The van der Waals surface area contributed by atoms with Crippen molar-refractivity contribution in [1.82, 2.24) is 9.88 Å². The molecule has 8 rings (SSSR count). The van der Waals surface area contributed by atoms with Gasteiger partial charge in [0.1, 0.15) is 47.1 Å². The van der Waals surface area contributed by atoms with Crippen molar-refractivity contribution in [1.29, 1.82) is 0 Å². The van der Waals surface area contributed by atoms with Gasteiger partial charge in [0.2, 0.25) is 5.43 Å². The highest BCUT2D eigenvalue weighted by Gasteiger charge is 2.38. The quantitative estimate of drug-likeness (QED) is 0.163. The topological polar surface area (TPSA) is 84.1 Å². The maximum atomic E-state index is 14.0. The van der Waals surface area contributed by atoms with Crippen molar-refractivity contribution in [3.63, 3.8) is 0 Å². The third-order valence-electron chi connectivity index (χ3n) is 10.2. The zero-order chi connectivity index (χ0) is 35.7. The highest BCUT2D eigenvalue weighted by atomic mass is 19.1. The fourth-order valence-corrected chi connectivity index (χ4v) is 7.32. The van der Waals surface area contributed by atoms with Gasteiger partial charge in [0, 0.05) is 72.8 Å². The Kier molecular flexibility index (Phi) is 9.50. The minimum atomic E-state index is -0.818. The van der Waals surface area contributed by atoms with E-state index in [1.165, 1.54) is 31.4 Å². The van der Waals surface area contributed by atoms with E-state index in [2.05, 4.69) is 34.1 Å². The van der Waals surface area contributed by atoms with Crippen molar-refractivity contribution in [3.05, 3.63) is 129 Å². The summed E-state index contributed by atoms with van der Waals surface area (Å²) in [7, 11) is 3.21. The first-order valence-electron chi connectivity index (χ1n) is 17.2. The van der Waals surface area contributed by atoms with E-state index in [0.717, 1.165) is 64.9 Å². The average molecular weight is 696 g/mol. The van der Waals surface area contributed by atoms with Crippen molar-refractivity contribution in [2.75, 3.05) is 64.9 Å². The molecule has 1 N–H and O–H groups in total. The molecule has 1 unspecified atom stereocenters. The standard InChI is InChI=1S/C40H40F2N4O5/c1-4-45(31-20-29(41)19-30(42)21-31)40(48)36-24-43-37-23-32(9-10-35(37)38(36)47)51-39(28-17-33(49-2)22-34(18-28)50-3)27-7-5-26(6-8-27)25-46-14-11-44(12-15-46)13-16-46/h5-10,17-24,39H,4,11-16,25H2,1-3H3/p+1. The van der Waals surface area contributed by atoms with Crippen molar-refractivity contribution >= 4 is 22.5 Å². The molecule has 3 aliphatic rings. The summed E-state index contributed by atoms with van der Waals surface area (Å²) in [5, 5.41) is 0.268. The number of fused-ring (bicyclic) bond motifs is 4. The Morgan fingerprint density at radius 1 is 0.843 bits per heavy atom. The van der Waals surface area contributed by atoms with Crippen molar-refractivity contribution < 1.29 is 32.3 Å². The van der Waals surface area contributed by atoms with Gasteiger partial charge in [-0.3, -0.25) is 14.5 Å². The number of hydrogen-bond acceptors (Lipinski definition) is 6. The maximum absolute atomic E-state index is 14.0. The second kappa shape index (κ2) is 14.2. The van der Waals surface area contributed by atoms with Crippen molar-refractivity contribution in [3.8, 4) is 17.2 Å². The normalized spacial score (nSPS) is 18.7. The molecule has 4 heterocycles. The minimum Gasteiger partial charge on any atom is -0.497 e. The second-order valence-corrected chi connectivity index (χ2v) is 13.3. The number of methoxy groups -OCH3 is 2. The molecule has 5 aromatic rings. The Bertz CT molecular complexity index is 2070. The molecule has 0 aliphatic carbocycles. The zero-order valence-corrected chi connectivity index (χ0v) is 29.0. The van der Waals surface area contributed by atoms with Gasteiger partial charge in [0.15, 0.2) is 0 Å². The summed E-state index contributed by atoms with van der Waals surface area (Å²) in [6.07, 6.45) is 0.773. The van der Waals surface area contributed by atoms with Crippen LogP contribution in [0.1, 0.15) is 40.1 Å². The Balaban J connectivity index is 1.19. The average Bonchev–Trinajstić information content (AvgIpc) is 3.14. The molecule has 264 valence electrons. The van der Waals surface area contributed by atoms with Crippen LogP contribution in [0.15, 0.2) is 89.9 Å². The fourth-order valence-electron chi connectivity index (χ4n) is 7.32. The van der Waals surface area contributed by atoms with E-state index in [9.17, 15) is 18.4 Å². The van der Waals surface area contributed by atoms with Gasteiger partial charge >= 0.3 is 0 Å². The summed E-state index contributed by atoms with van der Waals surface area (Å²) < 4.78 is 46.9. The van der Waals surface area contributed by atoms with Gasteiger partial charge in [-0.15, -0.1) is 0 Å². The summed E-state index contributed by atoms with van der Waals surface area (Å²) in [6.45, 7) is 9.79. The molecule has 9 nitrogen and oxygen atoms in total. The summed E-state index contributed by atoms with van der Waals surface area (Å²) in [4.78, 5) is 33.9. The van der Waals surface area contributed by atoms with E-state index in [1.807, 2.05) is 12.1 Å². The van der Waals surface area contributed by atoms with Gasteiger partial charge < -0.3 is 28.6 Å². The van der Waals surface area contributed by atoms with Crippen LogP contribution in [-0.4, -0.2) is 80.3 Å². The number of aromatic amines is 1. The number of carbonyl (C=O) groups excluding carboxylic acids is 1. The number of H-pyrrole nitrogens is 1. The summed E-state index contributed by atoms with van der Waals surface area (Å²) >= 11 is 0. The van der Waals surface area contributed by atoms with Gasteiger partial charge in [-0.2, -0.15) is 0 Å². The van der Waals surface area contributed by atoms with Crippen LogP contribution in [0.5, 0.6) is 17.2 Å². The van der Waals surface area contributed by atoms with Crippen LogP contribution in [0, 0.1) is 11.6 Å². The van der Waals surface area contributed by atoms with E-state index in [-0.39, 0.29) is 23.2 Å². The van der Waals surface area contributed by atoms with Crippen LogP contribution in [-0.2, 0) is 6.54 Å². The lowest BCUT2D eigenvalue weighted by molar-refractivity contribution is -0.953. The molecule has 51 heavy (non-hydrogen) atoms. The number of piperazine rings is 3. The molecular formula is C40H41F2N4O5+. The second-order valence-electron chi connectivity index (χ2n) is 13.3. The number of hydrogen-bond donors (Lipinski definition) is 1. The van der Waals surface area contributed by atoms with E-state index in [1.54, 1.807) is 45.4 Å². The first-order chi connectivity index (χ1) is 24.7. The molecule has 0 spiro atoms. The lowest BCUT2D eigenvalue weighted by Crippen LogP contribution is -2.66. The number of rotatable bonds is 11. The van der Waals surface area contributed by atoms with Crippen LogP contribution in [0.2, 0.25) is 0 Å². The monoisotopic (exact) mass is 695 g/mol. The number of benzene rings is 4. The number of nitrogens with one attached hydrogen (secondary N) is 1. The highest BCUT2D eigenvalue weighted by Crippen LogP contribution is 2.35. The molecule has 3 fully saturated rings. The number of nitrogens with zero attached hydrogens (tertiary/aromatic N) is 3. The van der Waals surface area contributed by atoms with Crippen LogP contribution in [0.25, 0.3) is 10.9 Å². The third kappa shape index (κ3) is 7.04. The molecule has 1 aromatic heterocycles. The molecule has 0 saturated carbocycles. The first-order valence-corrected chi connectivity index (χ1v) is 17.2. The minimum absolute atomic E-state index is 0.0227. The Hall–Kier alpha value is -5.26. The number of carbonyl (C=O) groups is 1. The number of amides is 1. The van der Waals surface area contributed by atoms with Crippen molar-refractivity contribution in [2.24, 2.45) is 0 Å². The van der Waals surface area contributed by atoms with Crippen LogP contribution < -0.4 is 24.5 Å². The Morgan fingerprint density at radius 3 is 2.10 bits per heavy atom. The highest BCUT2D eigenvalue weighted by molar-refractivity contribution is 6.07. The van der Waals surface area contributed by atoms with Gasteiger partial charge in [-0.05, 0) is 48.9 Å².